The molecule has 128 valence electrons. The van der Waals surface area contributed by atoms with Crippen LogP contribution in [0, 0.1) is 0 Å². The van der Waals surface area contributed by atoms with Crippen molar-refractivity contribution in [3.8, 4) is 0 Å². The first-order valence-corrected chi connectivity index (χ1v) is 8.86. The zero-order valence-corrected chi connectivity index (χ0v) is 13.9. The molecule has 3 heterocycles. The highest BCUT2D eigenvalue weighted by molar-refractivity contribution is 8.00. The lowest BCUT2D eigenvalue weighted by atomic mass is 10.2. The molecule has 0 aliphatic carbocycles. The monoisotopic (exact) mass is 370 g/mol. The molecular formula is C13H14N4O5S2. The van der Waals surface area contributed by atoms with Gasteiger partial charge >= 0.3 is 11.9 Å². The molecule has 0 saturated heterocycles. The topological polar surface area (TPSA) is 144 Å². The number of esters is 1. The summed E-state index contributed by atoms with van der Waals surface area (Å²) in [5.41, 5.74) is 7.08. The SMILES string of the molecule is Nc1nc(CC(=O)NC(C(=O)O)C2NC3=C(COC3=O)CS2)cs1. The molecule has 24 heavy (non-hydrogen) atoms. The average molecular weight is 370 g/mol. The summed E-state index contributed by atoms with van der Waals surface area (Å²) in [6.07, 6.45) is -0.0646. The van der Waals surface area contributed by atoms with Gasteiger partial charge in [0.1, 0.15) is 17.7 Å². The van der Waals surface area contributed by atoms with Crippen LogP contribution in [0.25, 0.3) is 0 Å². The zero-order valence-electron chi connectivity index (χ0n) is 12.3. The number of aliphatic carboxylic acids is 1. The van der Waals surface area contributed by atoms with E-state index in [1.165, 1.54) is 23.1 Å². The number of hydrogen-bond donors (Lipinski definition) is 4. The number of nitrogens with one attached hydrogen (secondary N) is 2. The molecule has 2 aliphatic rings. The summed E-state index contributed by atoms with van der Waals surface area (Å²) in [5.74, 6) is -1.70. The molecule has 0 aromatic carbocycles. The van der Waals surface area contributed by atoms with Crippen LogP contribution in [-0.4, -0.2) is 51.7 Å². The second-order valence-corrected chi connectivity index (χ2v) is 7.19. The van der Waals surface area contributed by atoms with Gasteiger partial charge in [-0.05, 0) is 0 Å². The van der Waals surface area contributed by atoms with Gasteiger partial charge in [0.25, 0.3) is 0 Å². The number of thioether (sulfide) groups is 1. The largest absolute Gasteiger partial charge is 0.480 e. The van der Waals surface area contributed by atoms with Crippen molar-refractivity contribution in [3.63, 3.8) is 0 Å². The molecule has 0 spiro atoms. The molecule has 1 aromatic heterocycles. The van der Waals surface area contributed by atoms with Crippen LogP contribution in [0.15, 0.2) is 16.7 Å². The van der Waals surface area contributed by atoms with Crippen molar-refractivity contribution in [2.75, 3.05) is 18.1 Å². The minimum Gasteiger partial charge on any atom is -0.480 e. The number of amides is 1. The van der Waals surface area contributed by atoms with E-state index < -0.39 is 29.3 Å². The number of carbonyl (C=O) groups is 3. The minimum absolute atomic E-state index is 0.0646. The number of cyclic esters (lactones) is 1. The first-order chi connectivity index (χ1) is 11.4. The maximum Gasteiger partial charge on any atom is 0.354 e. The molecule has 1 amide bonds. The second kappa shape index (κ2) is 6.69. The summed E-state index contributed by atoms with van der Waals surface area (Å²) in [7, 11) is 0. The highest BCUT2D eigenvalue weighted by Crippen LogP contribution is 2.28. The van der Waals surface area contributed by atoms with Crippen LogP contribution < -0.4 is 16.4 Å². The summed E-state index contributed by atoms with van der Waals surface area (Å²) < 4.78 is 4.91. The second-order valence-electron chi connectivity index (χ2n) is 5.17. The van der Waals surface area contributed by atoms with Crippen LogP contribution in [0.2, 0.25) is 0 Å². The van der Waals surface area contributed by atoms with Gasteiger partial charge in [0.15, 0.2) is 11.2 Å². The van der Waals surface area contributed by atoms with Gasteiger partial charge in [-0.2, -0.15) is 0 Å². The van der Waals surface area contributed by atoms with E-state index in [9.17, 15) is 19.5 Å². The lowest BCUT2D eigenvalue weighted by molar-refractivity contribution is -0.142. The zero-order chi connectivity index (χ0) is 17.3. The van der Waals surface area contributed by atoms with Gasteiger partial charge < -0.3 is 26.2 Å². The third-order valence-corrected chi connectivity index (χ3v) is 5.44. The third kappa shape index (κ3) is 3.46. The number of carbonyl (C=O) groups excluding carboxylic acids is 2. The molecule has 0 saturated carbocycles. The van der Waals surface area contributed by atoms with E-state index in [1.54, 1.807) is 5.38 Å². The lowest BCUT2D eigenvalue weighted by Crippen LogP contribution is -2.54. The van der Waals surface area contributed by atoms with E-state index in [1.807, 2.05) is 0 Å². The Kier molecular flexibility index (Phi) is 4.62. The van der Waals surface area contributed by atoms with Crippen molar-refractivity contribution in [2.24, 2.45) is 0 Å². The Morgan fingerprint density at radius 3 is 3.04 bits per heavy atom. The van der Waals surface area contributed by atoms with Gasteiger partial charge in [0.05, 0.1) is 12.1 Å². The fraction of sp³-hybridized carbons (Fsp3) is 0.385. The van der Waals surface area contributed by atoms with Crippen LogP contribution in [-0.2, 0) is 25.5 Å². The number of aromatic nitrogens is 1. The van der Waals surface area contributed by atoms with Gasteiger partial charge in [0.2, 0.25) is 5.91 Å². The normalized spacial score (nSPS) is 20.8. The summed E-state index contributed by atoms with van der Waals surface area (Å²) in [6, 6.07) is -1.19. The van der Waals surface area contributed by atoms with Crippen LogP contribution >= 0.6 is 23.1 Å². The molecule has 0 fully saturated rings. The van der Waals surface area contributed by atoms with Crippen LogP contribution in [0.5, 0.6) is 0 Å². The van der Waals surface area contributed by atoms with Gasteiger partial charge in [-0.15, -0.1) is 23.1 Å². The molecule has 5 N–H and O–H groups in total. The highest BCUT2D eigenvalue weighted by atomic mass is 32.2. The Hall–Kier alpha value is -2.27. The maximum absolute atomic E-state index is 12.1. The number of carboxylic acid groups (broad SMARTS) is 1. The van der Waals surface area contributed by atoms with E-state index >= 15 is 0 Å². The number of thiazole rings is 1. The molecular weight excluding hydrogens is 356 g/mol. The fourth-order valence-electron chi connectivity index (χ4n) is 2.33. The van der Waals surface area contributed by atoms with Crippen molar-refractivity contribution >= 4 is 46.1 Å². The summed E-state index contributed by atoms with van der Waals surface area (Å²) in [5, 5.41) is 16.1. The quantitative estimate of drug-likeness (QED) is 0.495. The Morgan fingerprint density at radius 2 is 2.38 bits per heavy atom. The minimum atomic E-state index is -1.19. The van der Waals surface area contributed by atoms with Gasteiger partial charge in [-0.1, -0.05) is 0 Å². The molecule has 0 radical (unpaired) electrons. The highest BCUT2D eigenvalue weighted by Gasteiger charge is 2.38. The van der Waals surface area contributed by atoms with Crippen molar-refractivity contribution < 1.29 is 24.2 Å². The predicted molar refractivity (Wildman–Crippen MR) is 87.2 cm³/mol. The molecule has 2 atom stereocenters. The molecule has 9 nitrogen and oxygen atoms in total. The van der Waals surface area contributed by atoms with E-state index in [0.717, 1.165) is 5.57 Å². The maximum atomic E-state index is 12.1. The Balaban J connectivity index is 1.66. The van der Waals surface area contributed by atoms with Crippen molar-refractivity contribution in [3.05, 3.63) is 22.3 Å². The number of hydrogen-bond acceptors (Lipinski definition) is 9. The number of carboxylic acids is 1. The summed E-state index contributed by atoms with van der Waals surface area (Å²) >= 11 is 2.51. The molecule has 3 rings (SSSR count). The fourth-order valence-corrected chi connectivity index (χ4v) is 4.08. The molecule has 11 heteroatoms. The van der Waals surface area contributed by atoms with Crippen LogP contribution in [0.1, 0.15) is 5.69 Å². The number of nitrogens with zero attached hydrogens (tertiary/aromatic N) is 1. The van der Waals surface area contributed by atoms with Gasteiger partial charge in [-0.3, -0.25) is 4.79 Å². The first-order valence-electron chi connectivity index (χ1n) is 6.93. The molecule has 2 aliphatic heterocycles. The molecule has 2 unspecified atom stereocenters. The standard InChI is InChI=1S/C13H14N4O5S2/c14-13-15-6(4-24-13)1-7(18)16-9(11(19)20)10-17-8-5(3-23-10)2-22-12(8)21/h4,9-10,17H,1-3H2,(H2,14,15)(H,16,18)(H,19,20). The predicted octanol–water partition coefficient (Wildman–Crippen LogP) is -0.689. The summed E-state index contributed by atoms with van der Waals surface area (Å²) in [6.45, 7) is 0.218. The van der Waals surface area contributed by atoms with Crippen molar-refractivity contribution in [2.45, 2.75) is 17.8 Å². The van der Waals surface area contributed by atoms with E-state index in [2.05, 4.69) is 15.6 Å². The Morgan fingerprint density at radius 1 is 1.58 bits per heavy atom. The van der Waals surface area contributed by atoms with E-state index in [4.69, 9.17) is 10.5 Å². The van der Waals surface area contributed by atoms with Gasteiger partial charge in [0, 0.05) is 16.7 Å². The lowest BCUT2D eigenvalue weighted by Gasteiger charge is -2.29. The number of anilines is 1. The number of ether oxygens (including phenoxy) is 1. The van der Waals surface area contributed by atoms with Crippen molar-refractivity contribution in [1.82, 2.24) is 15.6 Å². The van der Waals surface area contributed by atoms with Gasteiger partial charge in [-0.25, -0.2) is 14.6 Å². The number of nitrogen functional groups attached to an aromatic ring is 1. The van der Waals surface area contributed by atoms with Crippen LogP contribution in [0.3, 0.4) is 0 Å². The first kappa shape index (κ1) is 16.6. The molecule has 1 aromatic rings. The number of nitrogens with two attached hydrogens (primary N) is 1. The van der Waals surface area contributed by atoms with E-state index in [0.29, 0.717) is 22.3 Å². The summed E-state index contributed by atoms with van der Waals surface area (Å²) in [4.78, 5) is 39.2. The van der Waals surface area contributed by atoms with E-state index in [-0.39, 0.29) is 13.0 Å². The van der Waals surface area contributed by atoms with Crippen LogP contribution in [0.4, 0.5) is 5.13 Å². The number of rotatable bonds is 5. The van der Waals surface area contributed by atoms with Crippen molar-refractivity contribution in [1.29, 1.82) is 0 Å². The Labute approximate surface area is 144 Å². The third-order valence-electron chi connectivity index (χ3n) is 3.46. The smallest absolute Gasteiger partial charge is 0.354 e. The average Bonchev–Trinajstić information content (AvgIpc) is 3.10. The molecule has 0 bridgehead atoms. The Bertz CT molecular complexity index is 732.